The molecule has 8 heteroatoms. The molecule has 1 aliphatic rings. The summed E-state index contributed by atoms with van der Waals surface area (Å²) in [4.78, 5) is 28.8. The van der Waals surface area contributed by atoms with E-state index in [0.29, 0.717) is 5.92 Å². The monoisotopic (exact) mass is 473 g/mol. The number of fused-ring (bicyclic) bond motifs is 1. The van der Waals surface area contributed by atoms with E-state index in [1.54, 1.807) is 5.92 Å². The first-order valence-corrected chi connectivity index (χ1v) is 9.41. The maximum atomic E-state index is 7.75. The Morgan fingerprint density at radius 3 is 2.30 bits per heavy atom. The van der Waals surface area contributed by atoms with Crippen LogP contribution in [0.3, 0.4) is 0 Å². The smallest absolute Gasteiger partial charge is 0.214 e. The van der Waals surface area contributed by atoms with E-state index in [1.165, 1.54) is 30.5 Å². The van der Waals surface area contributed by atoms with Gasteiger partial charge in [0.05, 0.1) is 11.1 Å². The molecule has 0 amide bonds. The zero-order chi connectivity index (χ0) is 22.4. The van der Waals surface area contributed by atoms with Crippen molar-refractivity contribution in [2.24, 2.45) is 11.8 Å². The zero-order valence-electron chi connectivity index (χ0n) is 17.5. The Hall–Kier alpha value is -1.79. The number of carbonyl (C=O) groups excluding carboxylic acids is 3. The van der Waals surface area contributed by atoms with Gasteiger partial charge in [0.25, 0.3) is 0 Å². The summed E-state index contributed by atoms with van der Waals surface area (Å²) < 4.78 is 0. The molecule has 3 rings (SSSR count). The summed E-state index contributed by atoms with van der Waals surface area (Å²) >= 11 is 6.09. The van der Waals surface area contributed by atoms with Gasteiger partial charge in [-0.05, 0) is 38.7 Å². The summed E-state index contributed by atoms with van der Waals surface area (Å²) in [5.74, 6) is 3.11. The quantitative estimate of drug-likeness (QED) is 0.410. The molecule has 1 aromatic carbocycles. The van der Waals surface area contributed by atoms with Crippen molar-refractivity contribution in [3.05, 3.63) is 41.4 Å². The van der Waals surface area contributed by atoms with Crippen molar-refractivity contribution in [3.63, 3.8) is 0 Å². The summed E-state index contributed by atoms with van der Waals surface area (Å²) in [6.07, 6.45) is 4.49. The largest absolute Gasteiger partial charge is 0.545 e. The molecule has 0 saturated heterocycles. The van der Waals surface area contributed by atoms with E-state index in [9.17, 15) is 0 Å². The number of pyridine rings is 1. The maximum Gasteiger partial charge on any atom is 0.214 e. The molecule has 0 spiro atoms. The Labute approximate surface area is 195 Å². The topological polar surface area (TPSA) is 80.6 Å². The van der Waals surface area contributed by atoms with Gasteiger partial charge >= 0.3 is 0 Å². The predicted octanol–water partition coefficient (Wildman–Crippen LogP) is 3.08. The van der Waals surface area contributed by atoms with Gasteiger partial charge in [-0.2, -0.15) is 19.8 Å². The molecule has 30 heavy (non-hydrogen) atoms. The van der Waals surface area contributed by atoms with E-state index in [1.807, 2.05) is 18.3 Å². The number of rotatable bonds is 5. The van der Waals surface area contributed by atoms with Crippen molar-refractivity contribution < 1.29 is 36.4 Å². The molecule has 2 N–H and O–H groups in total. The Morgan fingerprint density at radius 1 is 1.10 bits per heavy atom. The SMILES string of the molecule is C[C-]1CC(CNc2cc[nH+]c3cc(Cl)ccc23)C(CN(C)C)C1.[CH-]=O.[CH-]=O.[CH-]=O.[Mn]. The Morgan fingerprint density at radius 2 is 1.70 bits per heavy atom. The third-order valence-electron chi connectivity index (χ3n) is 4.80. The van der Waals surface area contributed by atoms with Crippen molar-refractivity contribution in [2.75, 3.05) is 32.5 Å². The molecule has 6 nitrogen and oxygen atoms in total. The molecule has 1 aromatic heterocycles. The average Bonchev–Trinajstić information content (AvgIpc) is 3.08. The Bertz CT molecular complexity index is 731. The normalized spacial score (nSPS) is 17.4. The van der Waals surface area contributed by atoms with Crippen molar-refractivity contribution >= 4 is 48.6 Å². The summed E-state index contributed by atoms with van der Waals surface area (Å²) in [6.45, 7) is 14.2. The van der Waals surface area contributed by atoms with Crippen LogP contribution in [-0.4, -0.2) is 52.5 Å². The first kappa shape index (κ1) is 30.4. The second-order valence-corrected chi connectivity index (χ2v) is 7.55. The molecular formula is C22H29ClMnN3O3-3. The fraction of sp³-hybridized carbons (Fsp3) is 0.409. The Kier molecular flexibility index (Phi) is 17.2. The number of H-pyrrole nitrogens is 1. The van der Waals surface area contributed by atoms with Gasteiger partial charge in [-0.15, -0.1) is 0 Å². The van der Waals surface area contributed by atoms with Crippen molar-refractivity contribution in [1.29, 1.82) is 0 Å². The molecule has 1 fully saturated rings. The first-order valence-electron chi connectivity index (χ1n) is 9.03. The zero-order valence-corrected chi connectivity index (χ0v) is 19.5. The number of nitrogens with one attached hydrogen (secondary N) is 2. The third kappa shape index (κ3) is 9.35. The summed E-state index contributed by atoms with van der Waals surface area (Å²) in [5.41, 5.74) is 2.25. The molecule has 1 heterocycles. The molecule has 0 aliphatic heterocycles. The molecular weight excluding hydrogens is 445 g/mol. The number of hydrogen-bond acceptors (Lipinski definition) is 5. The first-order chi connectivity index (χ1) is 14.0. The van der Waals surface area contributed by atoms with E-state index in [-0.39, 0.29) is 17.1 Å². The van der Waals surface area contributed by atoms with Gasteiger partial charge in [-0.3, -0.25) is 20.4 Å². The van der Waals surface area contributed by atoms with Gasteiger partial charge in [-0.1, -0.05) is 17.5 Å². The number of aromatic amines is 1. The van der Waals surface area contributed by atoms with Crippen LogP contribution in [0.1, 0.15) is 19.8 Å². The van der Waals surface area contributed by atoms with Crippen LogP contribution in [0.2, 0.25) is 5.02 Å². The number of nitrogens with zero attached hydrogens (tertiary/aromatic N) is 1. The molecule has 1 aliphatic carbocycles. The van der Waals surface area contributed by atoms with Crippen molar-refractivity contribution in [1.82, 2.24) is 4.90 Å². The van der Waals surface area contributed by atoms with E-state index in [4.69, 9.17) is 26.0 Å². The number of aromatic nitrogens is 1. The van der Waals surface area contributed by atoms with Crippen LogP contribution < -0.4 is 10.3 Å². The molecule has 1 saturated carbocycles. The van der Waals surface area contributed by atoms with Gasteiger partial charge in [-0.25, -0.2) is 4.98 Å². The third-order valence-corrected chi connectivity index (χ3v) is 5.04. The number of hydrogen-bond donors (Lipinski definition) is 1. The molecule has 2 atom stereocenters. The molecule has 1 radical (unpaired) electrons. The fourth-order valence-electron chi connectivity index (χ4n) is 3.80. The van der Waals surface area contributed by atoms with Crippen molar-refractivity contribution in [3.8, 4) is 0 Å². The van der Waals surface area contributed by atoms with Crippen LogP contribution in [0.5, 0.6) is 0 Å². The number of benzene rings is 1. The molecule has 2 aromatic rings. The summed E-state index contributed by atoms with van der Waals surface area (Å²) in [7, 11) is 4.34. The van der Waals surface area contributed by atoms with Crippen LogP contribution >= 0.6 is 11.6 Å². The number of halogens is 1. The van der Waals surface area contributed by atoms with Crippen LogP contribution in [0.4, 0.5) is 5.69 Å². The molecule has 0 bridgehead atoms. The minimum Gasteiger partial charge on any atom is -0.545 e. The van der Waals surface area contributed by atoms with Crippen LogP contribution in [0.15, 0.2) is 30.5 Å². The van der Waals surface area contributed by atoms with Crippen molar-refractivity contribution in [2.45, 2.75) is 19.8 Å². The van der Waals surface area contributed by atoms with Gasteiger partial charge < -0.3 is 30.5 Å². The van der Waals surface area contributed by atoms with Crippen LogP contribution in [-0.2, 0) is 31.5 Å². The van der Waals surface area contributed by atoms with E-state index >= 15 is 0 Å². The Balaban J connectivity index is 0. The minimum atomic E-state index is 0. The molecule has 2 unspecified atom stereocenters. The minimum absolute atomic E-state index is 0. The van der Waals surface area contributed by atoms with Crippen LogP contribution in [0, 0.1) is 17.8 Å². The van der Waals surface area contributed by atoms with Crippen LogP contribution in [0.25, 0.3) is 10.9 Å². The molecule has 167 valence electrons. The summed E-state index contributed by atoms with van der Waals surface area (Å²) in [6, 6.07) is 8.12. The number of anilines is 1. The fourth-order valence-corrected chi connectivity index (χ4v) is 3.98. The average molecular weight is 474 g/mol. The van der Waals surface area contributed by atoms with E-state index in [0.717, 1.165) is 23.0 Å². The summed E-state index contributed by atoms with van der Waals surface area (Å²) in [5, 5.41) is 5.63. The van der Waals surface area contributed by atoms with Gasteiger partial charge in [0.15, 0.2) is 6.20 Å². The predicted molar refractivity (Wildman–Crippen MR) is 118 cm³/mol. The van der Waals surface area contributed by atoms with Gasteiger partial charge in [0.2, 0.25) is 5.52 Å². The van der Waals surface area contributed by atoms with Gasteiger partial charge in [0, 0.05) is 40.8 Å². The van der Waals surface area contributed by atoms with E-state index < -0.39 is 0 Å². The van der Waals surface area contributed by atoms with E-state index in [2.05, 4.69) is 68.7 Å². The van der Waals surface area contributed by atoms with Gasteiger partial charge in [0.1, 0.15) is 0 Å². The second kappa shape index (κ2) is 16.9. The standard InChI is InChI=1S/C19H25ClN3.3CHO.Mn/c1-13-8-14(15(9-13)12-23(2)3)11-22-18-6-7-21-19-10-16(20)4-5-17(18)19;3*1-2;/h4-7,10,14-15H,8-9,11-12H2,1-3H3,(H,21,22);3*1H;/q4*-1;/p+1. The maximum absolute atomic E-state index is 7.75. The second-order valence-electron chi connectivity index (χ2n) is 7.11.